The number of hydrogen-bond donors (Lipinski definition) is 4. The van der Waals surface area contributed by atoms with Crippen LogP contribution in [0.1, 0.15) is 6.42 Å². The van der Waals surface area contributed by atoms with Crippen molar-refractivity contribution < 1.29 is 15.0 Å². The second-order valence-electron chi connectivity index (χ2n) is 2.01. The van der Waals surface area contributed by atoms with E-state index in [0.29, 0.717) is 0 Å². The van der Waals surface area contributed by atoms with Crippen molar-refractivity contribution in [1.29, 1.82) is 0 Å². The SMILES string of the molecule is NCC[C@H](O)[C@H](N)C(=O)O. The summed E-state index contributed by atoms with van der Waals surface area (Å²) in [5, 5.41) is 17.2. The number of hydrogen-bond acceptors (Lipinski definition) is 4. The maximum Gasteiger partial charge on any atom is 0.323 e. The molecule has 0 aromatic carbocycles. The molecule has 0 spiro atoms. The molecular weight excluding hydrogens is 136 g/mol. The summed E-state index contributed by atoms with van der Waals surface area (Å²) in [6.45, 7) is 0.238. The highest BCUT2D eigenvalue weighted by Gasteiger charge is 2.20. The monoisotopic (exact) mass is 148 g/mol. The Morgan fingerprint density at radius 3 is 2.40 bits per heavy atom. The van der Waals surface area contributed by atoms with Crippen molar-refractivity contribution in [2.45, 2.75) is 18.6 Å². The molecule has 0 amide bonds. The first-order valence-corrected chi connectivity index (χ1v) is 2.96. The summed E-state index contributed by atoms with van der Waals surface area (Å²) in [6.07, 6.45) is -0.824. The molecule has 0 heterocycles. The molecule has 60 valence electrons. The van der Waals surface area contributed by atoms with Crippen molar-refractivity contribution in [2.24, 2.45) is 11.5 Å². The van der Waals surface area contributed by atoms with Crippen LogP contribution in [-0.2, 0) is 4.79 Å². The quantitative estimate of drug-likeness (QED) is 0.372. The molecule has 0 bridgehead atoms. The highest BCUT2D eigenvalue weighted by atomic mass is 16.4. The molecule has 0 aliphatic carbocycles. The summed E-state index contributed by atoms with van der Waals surface area (Å²) in [5.74, 6) is -1.21. The zero-order chi connectivity index (χ0) is 8.15. The Morgan fingerprint density at radius 1 is 1.60 bits per heavy atom. The second-order valence-corrected chi connectivity index (χ2v) is 2.01. The van der Waals surface area contributed by atoms with Gasteiger partial charge in [-0.15, -0.1) is 0 Å². The van der Waals surface area contributed by atoms with Crippen LogP contribution in [0.5, 0.6) is 0 Å². The molecule has 0 saturated heterocycles. The molecule has 0 saturated carbocycles. The lowest BCUT2D eigenvalue weighted by molar-refractivity contribution is -0.141. The van der Waals surface area contributed by atoms with Crippen LogP contribution in [-0.4, -0.2) is 34.9 Å². The van der Waals surface area contributed by atoms with Crippen LogP contribution in [0.2, 0.25) is 0 Å². The van der Waals surface area contributed by atoms with Gasteiger partial charge >= 0.3 is 5.97 Å². The normalized spacial score (nSPS) is 16.3. The molecule has 0 aliphatic rings. The first-order chi connectivity index (χ1) is 4.59. The van der Waals surface area contributed by atoms with Crippen LogP contribution in [0.15, 0.2) is 0 Å². The van der Waals surface area contributed by atoms with Gasteiger partial charge in [-0.25, -0.2) is 0 Å². The molecule has 0 fully saturated rings. The highest BCUT2D eigenvalue weighted by molar-refractivity contribution is 5.73. The number of aliphatic hydroxyl groups excluding tert-OH is 1. The molecule has 0 aliphatic heterocycles. The van der Waals surface area contributed by atoms with Gasteiger partial charge in [-0.3, -0.25) is 4.79 Å². The van der Waals surface area contributed by atoms with Crippen LogP contribution < -0.4 is 11.5 Å². The lowest BCUT2D eigenvalue weighted by Crippen LogP contribution is -2.42. The number of nitrogens with two attached hydrogens (primary N) is 2. The lowest BCUT2D eigenvalue weighted by atomic mass is 10.1. The molecule has 0 radical (unpaired) electrons. The van der Waals surface area contributed by atoms with Crippen molar-refractivity contribution in [3.05, 3.63) is 0 Å². The minimum Gasteiger partial charge on any atom is -0.480 e. The number of aliphatic hydroxyl groups is 1. The molecule has 5 heteroatoms. The minimum atomic E-state index is -1.22. The average molecular weight is 148 g/mol. The number of carbonyl (C=O) groups is 1. The second kappa shape index (κ2) is 4.21. The predicted molar refractivity (Wildman–Crippen MR) is 35.3 cm³/mol. The molecule has 0 aromatic rings. The van der Waals surface area contributed by atoms with Gasteiger partial charge in [-0.1, -0.05) is 0 Å². The molecule has 0 unspecified atom stereocenters. The largest absolute Gasteiger partial charge is 0.480 e. The standard InChI is InChI=1S/C5H12N2O3/c6-2-1-3(8)4(7)5(9)10/h3-4,8H,1-2,6-7H2,(H,9,10)/t3-,4-/m0/s1. The van der Waals surface area contributed by atoms with Gasteiger partial charge in [-0.05, 0) is 13.0 Å². The van der Waals surface area contributed by atoms with Crippen LogP contribution in [0, 0.1) is 0 Å². The van der Waals surface area contributed by atoms with Crippen molar-refractivity contribution in [3.8, 4) is 0 Å². The number of carboxylic acids is 1. The van der Waals surface area contributed by atoms with E-state index in [1.165, 1.54) is 0 Å². The van der Waals surface area contributed by atoms with Crippen molar-refractivity contribution in [2.75, 3.05) is 6.54 Å². The van der Waals surface area contributed by atoms with E-state index in [1.807, 2.05) is 0 Å². The zero-order valence-corrected chi connectivity index (χ0v) is 5.53. The van der Waals surface area contributed by atoms with Crippen molar-refractivity contribution in [1.82, 2.24) is 0 Å². The lowest BCUT2D eigenvalue weighted by Gasteiger charge is -2.12. The van der Waals surface area contributed by atoms with Gasteiger partial charge in [0.15, 0.2) is 0 Å². The molecular formula is C5H12N2O3. The third-order valence-electron chi connectivity index (χ3n) is 1.16. The fraction of sp³-hybridized carbons (Fsp3) is 0.800. The van der Waals surface area contributed by atoms with Gasteiger partial charge in [-0.2, -0.15) is 0 Å². The van der Waals surface area contributed by atoms with Crippen LogP contribution in [0.25, 0.3) is 0 Å². The van der Waals surface area contributed by atoms with Gasteiger partial charge in [0, 0.05) is 0 Å². The first-order valence-electron chi connectivity index (χ1n) is 2.96. The van der Waals surface area contributed by atoms with E-state index < -0.39 is 18.1 Å². The Bertz CT molecular complexity index is 117. The summed E-state index contributed by atoms with van der Waals surface area (Å²) >= 11 is 0. The van der Waals surface area contributed by atoms with E-state index >= 15 is 0 Å². The third kappa shape index (κ3) is 2.77. The van der Waals surface area contributed by atoms with E-state index in [9.17, 15) is 4.79 Å². The summed E-state index contributed by atoms with van der Waals surface area (Å²) in [4.78, 5) is 10.1. The van der Waals surface area contributed by atoms with Crippen LogP contribution in [0.4, 0.5) is 0 Å². The van der Waals surface area contributed by atoms with Gasteiger partial charge in [0.25, 0.3) is 0 Å². The molecule has 0 rings (SSSR count). The van der Waals surface area contributed by atoms with E-state index in [1.54, 1.807) is 0 Å². The summed E-state index contributed by atoms with van der Waals surface area (Å²) in [6, 6.07) is -1.22. The topological polar surface area (TPSA) is 110 Å². The van der Waals surface area contributed by atoms with Crippen LogP contribution >= 0.6 is 0 Å². The van der Waals surface area contributed by atoms with Crippen molar-refractivity contribution >= 4 is 5.97 Å². The Morgan fingerprint density at radius 2 is 2.10 bits per heavy atom. The fourth-order valence-electron chi connectivity index (χ4n) is 0.515. The summed E-state index contributed by atoms with van der Waals surface area (Å²) in [5.41, 5.74) is 10.1. The van der Waals surface area contributed by atoms with E-state index in [0.717, 1.165) is 0 Å². The Hall–Kier alpha value is -0.650. The first kappa shape index (κ1) is 9.35. The third-order valence-corrected chi connectivity index (χ3v) is 1.16. The molecule has 0 aromatic heterocycles. The number of carboxylic acid groups (broad SMARTS) is 1. The molecule has 10 heavy (non-hydrogen) atoms. The van der Waals surface area contributed by atoms with Crippen LogP contribution in [0.3, 0.4) is 0 Å². The van der Waals surface area contributed by atoms with Gasteiger partial charge in [0.05, 0.1) is 6.10 Å². The van der Waals surface area contributed by atoms with Gasteiger partial charge < -0.3 is 21.7 Å². The molecule has 6 N–H and O–H groups in total. The summed E-state index contributed by atoms with van der Waals surface area (Å²) in [7, 11) is 0. The van der Waals surface area contributed by atoms with E-state index in [-0.39, 0.29) is 13.0 Å². The minimum absolute atomic E-state index is 0.216. The highest BCUT2D eigenvalue weighted by Crippen LogP contribution is 1.94. The van der Waals surface area contributed by atoms with Crippen molar-refractivity contribution in [3.63, 3.8) is 0 Å². The average Bonchev–Trinajstić information content (AvgIpc) is 1.87. The van der Waals surface area contributed by atoms with E-state index in [2.05, 4.69) is 0 Å². The molecule has 5 nitrogen and oxygen atoms in total. The Labute approximate surface area is 58.6 Å². The zero-order valence-electron chi connectivity index (χ0n) is 5.53. The van der Waals surface area contributed by atoms with Gasteiger partial charge in [0.2, 0.25) is 0 Å². The Kier molecular flexibility index (Phi) is 3.94. The van der Waals surface area contributed by atoms with E-state index in [4.69, 9.17) is 21.7 Å². The van der Waals surface area contributed by atoms with Gasteiger partial charge in [0.1, 0.15) is 6.04 Å². The number of rotatable bonds is 4. The predicted octanol–water partition coefficient (Wildman–Crippen LogP) is -1.89. The summed E-state index contributed by atoms with van der Waals surface area (Å²) < 4.78 is 0. The maximum absolute atomic E-state index is 10.1. The Balaban J connectivity index is 3.69. The number of aliphatic carboxylic acids is 1. The smallest absolute Gasteiger partial charge is 0.323 e. The molecule has 2 atom stereocenters. The fourth-order valence-corrected chi connectivity index (χ4v) is 0.515. The maximum atomic E-state index is 10.1.